The Hall–Kier alpha value is -3.77. The number of carbonyl (C=O) groups excluding carboxylic acids is 2. The van der Waals surface area contributed by atoms with Crippen LogP contribution in [0.4, 0.5) is 5.69 Å². The first-order valence-electron chi connectivity index (χ1n) is 9.96. The Balaban J connectivity index is 1.46. The summed E-state index contributed by atoms with van der Waals surface area (Å²) in [4.78, 5) is 26.8. The Kier molecular flexibility index (Phi) is 6.14. The minimum Gasteiger partial charge on any atom is -0.459 e. The molecule has 2 heterocycles. The monoisotopic (exact) mass is 448 g/mol. The normalized spacial score (nSPS) is 10.7. The van der Waals surface area contributed by atoms with Gasteiger partial charge in [0.05, 0.1) is 12.8 Å². The van der Waals surface area contributed by atoms with Crippen molar-refractivity contribution in [2.45, 2.75) is 13.5 Å². The molecule has 0 aliphatic rings. The number of furan rings is 2. The van der Waals surface area contributed by atoms with E-state index in [9.17, 15) is 9.59 Å². The van der Waals surface area contributed by atoms with E-state index < -0.39 is 0 Å². The fraction of sp³-hybridized carbons (Fsp3) is 0.120. The molecule has 0 atom stereocenters. The predicted octanol–water partition coefficient (Wildman–Crippen LogP) is 6.03. The van der Waals surface area contributed by atoms with E-state index in [0.717, 1.165) is 11.1 Å². The van der Waals surface area contributed by atoms with Crippen molar-refractivity contribution in [2.24, 2.45) is 0 Å². The summed E-state index contributed by atoms with van der Waals surface area (Å²) in [5, 5.41) is 3.45. The zero-order valence-corrected chi connectivity index (χ0v) is 18.3. The first-order valence-corrected chi connectivity index (χ1v) is 10.3. The van der Waals surface area contributed by atoms with Gasteiger partial charge in [-0.25, -0.2) is 0 Å². The third-order valence-electron chi connectivity index (χ3n) is 5.01. The van der Waals surface area contributed by atoms with Gasteiger partial charge in [0.25, 0.3) is 11.8 Å². The molecular weight excluding hydrogens is 428 g/mol. The molecule has 162 valence electrons. The lowest BCUT2D eigenvalue weighted by Crippen LogP contribution is -2.26. The molecule has 0 aliphatic heterocycles. The van der Waals surface area contributed by atoms with Crippen molar-refractivity contribution in [2.75, 3.05) is 12.4 Å². The number of carbonyl (C=O) groups is 2. The van der Waals surface area contributed by atoms with E-state index in [0.29, 0.717) is 34.3 Å². The lowest BCUT2D eigenvalue weighted by Gasteiger charge is -2.17. The molecular formula is C25H21ClN2O4. The first kappa shape index (κ1) is 21.5. The van der Waals surface area contributed by atoms with Gasteiger partial charge in [0.2, 0.25) is 0 Å². The summed E-state index contributed by atoms with van der Waals surface area (Å²) < 4.78 is 11.0. The maximum absolute atomic E-state index is 13.0. The summed E-state index contributed by atoms with van der Waals surface area (Å²) in [6.45, 7) is 2.16. The van der Waals surface area contributed by atoms with Gasteiger partial charge in [-0.2, -0.15) is 0 Å². The van der Waals surface area contributed by atoms with Gasteiger partial charge >= 0.3 is 0 Å². The summed E-state index contributed by atoms with van der Waals surface area (Å²) in [6, 6.07) is 19.5. The molecule has 7 heteroatoms. The van der Waals surface area contributed by atoms with Crippen LogP contribution in [0.25, 0.3) is 11.3 Å². The van der Waals surface area contributed by atoms with Gasteiger partial charge in [-0.15, -0.1) is 0 Å². The van der Waals surface area contributed by atoms with Crippen molar-refractivity contribution in [3.8, 4) is 11.3 Å². The zero-order valence-electron chi connectivity index (χ0n) is 17.6. The number of halogens is 1. The second kappa shape index (κ2) is 9.16. The molecule has 2 aromatic heterocycles. The summed E-state index contributed by atoms with van der Waals surface area (Å²) in [6.07, 6.45) is 1.43. The van der Waals surface area contributed by atoms with E-state index in [-0.39, 0.29) is 17.6 Å². The third-order valence-corrected chi connectivity index (χ3v) is 5.26. The number of benzene rings is 2. The van der Waals surface area contributed by atoms with Crippen LogP contribution < -0.4 is 5.32 Å². The molecule has 0 bridgehead atoms. The van der Waals surface area contributed by atoms with Gasteiger partial charge in [0, 0.05) is 28.9 Å². The lowest BCUT2D eigenvalue weighted by molar-refractivity contribution is 0.0775. The highest BCUT2D eigenvalue weighted by Gasteiger charge is 2.17. The summed E-state index contributed by atoms with van der Waals surface area (Å²) in [7, 11) is 1.70. The second-order valence-corrected chi connectivity index (χ2v) is 7.83. The molecule has 0 saturated carbocycles. The second-order valence-electron chi connectivity index (χ2n) is 7.40. The third kappa shape index (κ3) is 4.76. The zero-order chi connectivity index (χ0) is 22.7. The van der Waals surface area contributed by atoms with Crippen LogP contribution in [-0.4, -0.2) is 23.8 Å². The van der Waals surface area contributed by atoms with Crippen LogP contribution in [-0.2, 0) is 6.54 Å². The van der Waals surface area contributed by atoms with E-state index >= 15 is 0 Å². The number of nitrogens with zero attached hydrogens (tertiary/aromatic N) is 1. The van der Waals surface area contributed by atoms with Crippen LogP contribution in [0.1, 0.15) is 32.2 Å². The fourth-order valence-corrected chi connectivity index (χ4v) is 3.37. The van der Waals surface area contributed by atoms with E-state index in [2.05, 4.69) is 5.32 Å². The quantitative estimate of drug-likeness (QED) is 0.391. The minimum absolute atomic E-state index is 0.192. The fourth-order valence-electron chi connectivity index (χ4n) is 3.24. The minimum atomic E-state index is -0.374. The van der Waals surface area contributed by atoms with Gasteiger partial charge in [-0.3, -0.25) is 9.59 Å². The van der Waals surface area contributed by atoms with E-state index in [1.807, 2.05) is 31.2 Å². The van der Waals surface area contributed by atoms with Crippen molar-refractivity contribution in [1.82, 2.24) is 4.90 Å². The molecule has 2 amide bonds. The van der Waals surface area contributed by atoms with E-state index in [4.69, 9.17) is 20.4 Å². The number of hydrogen-bond acceptors (Lipinski definition) is 4. The van der Waals surface area contributed by atoms with Gasteiger partial charge in [0.1, 0.15) is 11.5 Å². The molecule has 0 spiro atoms. The Labute approximate surface area is 190 Å². The Morgan fingerprint density at radius 3 is 2.53 bits per heavy atom. The molecule has 0 unspecified atom stereocenters. The smallest absolute Gasteiger partial charge is 0.291 e. The van der Waals surface area contributed by atoms with Crippen LogP contribution in [0, 0.1) is 6.92 Å². The van der Waals surface area contributed by atoms with Gasteiger partial charge in [0.15, 0.2) is 5.76 Å². The van der Waals surface area contributed by atoms with Crippen molar-refractivity contribution in [3.05, 3.63) is 101 Å². The van der Waals surface area contributed by atoms with Crippen LogP contribution in [0.5, 0.6) is 0 Å². The number of anilines is 1. The maximum atomic E-state index is 13.0. The standard InChI is InChI=1S/C25H21ClN2O4/c1-16-5-6-18(14-21(16)27-24(29)23-4-3-13-31-23)25(30)28(2)15-20-11-12-22(32-20)17-7-9-19(26)10-8-17/h3-14H,15H2,1-2H3,(H,27,29). The molecule has 4 aromatic rings. The highest BCUT2D eigenvalue weighted by atomic mass is 35.5. The average Bonchev–Trinajstić information content (AvgIpc) is 3.48. The molecule has 1 N–H and O–H groups in total. The van der Waals surface area contributed by atoms with Crippen molar-refractivity contribution >= 4 is 29.1 Å². The largest absolute Gasteiger partial charge is 0.459 e. The SMILES string of the molecule is Cc1ccc(C(=O)N(C)Cc2ccc(-c3ccc(Cl)cc3)o2)cc1NC(=O)c1ccco1. The average molecular weight is 449 g/mol. The molecule has 0 fully saturated rings. The summed E-state index contributed by atoms with van der Waals surface area (Å²) in [5.41, 5.74) is 2.75. The maximum Gasteiger partial charge on any atom is 0.291 e. The molecule has 6 nitrogen and oxygen atoms in total. The molecule has 0 saturated heterocycles. The number of amides is 2. The summed E-state index contributed by atoms with van der Waals surface area (Å²) in [5.74, 6) is 0.997. The van der Waals surface area contributed by atoms with Crippen LogP contribution in [0.15, 0.2) is 81.8 Å². The summed E-state index contributed by atoms with van der Waals surface area (Å²) >= 11 is 5.94. The molecule has 0 aliphatic carbocycles. The Morgan fingerprint density at radius 1 is 1.03 bits per heavy atom. The van der Waals surface area contributed by atoms with Crippen LogP contribution in [0.2, 0.25) is 5.02 Å². The number of rotatable bonds is 6. The number of hydrogen-bond donors (Lipinski definition) is 1. The molecule has 0 radical (unpaired) electrons. The molecule has 32 heavy (non-hydrogen) atoms. The highest BCUT2D eigenvalue weighted by Crippen LogP contribution is 2.25. The van der Waals surface area contributed by atoms with E-state index in [1.54, 1.807) is 54.4 Å². The van der Waals surface area contributed by atoms with Crippen molar-refractivity contribution in [3.63, 3.8) is 0 Å². The van der Waals surface area contributed by atoms with E-state index in [1.165, 1.54) is 6.26 Å². The molecule has 4 rings (SSSR count). The van der Waals surface area contributed by atoms with Crippen molar-refractivity contribution < 1.29 is 18.4 Å². The molecule has 2 aromatic carbocycles. The lowest BCUT2D eigenvalue weighted by atomic mass is 10.1. The van der Waals surface area contributed by atoms with Crippen molar-refractivity contribution in [1.29, 1.82) is 0 Å². The predicted molar refractivity (Wildman–Crippen MR) is 123 cm³/mol. The van der Waals surface area contributed by atoms with Crippen LogP contribution in [0.3, 0.4) is 0 Å². The number of nitrogens with one attached hydrogen (secondary N) is 1. The Bertz CT molecular complexity index is 1240. The highest BCUT2D eigenvalue weighted by molar-refractivity contribution is 6.30. The van der Waals surface area contributed by atoms with Gasteiger partial charge < -0.3 is 19.1 Å². The first-order chi connectivity index (χ1) is 15.4. The number of aryl methyl sites for hydroxylation is 1. The topological polar surface area (TPSA) is 75.7 Å². The van der Waals surface area contributed by atoms with Crippen LogP contribution >= 0.6 is 11.6 Å². The van der Waals surface area contributed by atoms with Gasteiger partial charge in [-0.1, -0.05) is 17.7 Å². The van der Waals surface area contributed by atoms with Gasteiger partial charge in [-0.05, 0) is 73.2 Å². The Morgan fingerprint density at radius 2 is 1.81 bits per heavy atom.